The minimum Gasteiger partial charge on any atom is -0.466 e. The molecule has 0 aliphatic rings. The van der Waals surface area contributed by atoms with Crippen molar-refractivity contribution in [2.75, 3.05) is 13.2 Å². The summed E-state index contributed by atoms with van der Waals surface area (Å²) in [6.07, 6.45) is 77.6. The van der Waals surface area contributed by atoms with E-state index in [0.717, 1.165) is 51.4 Å². The second-order valence-corrected chi connectivity index (χ2v) is 22.1. The third kappa shape index (κ3) is 57.4. The zero-order valence-corrected chi connectivity index (χ0v) is 48.4. The summed E-state index contributed by atoms with van der Waals surface area (Å²) < 4.78 is 5.50. The Morgan fingerprint density at radius 2 is 0.694 bits per heavy atom. The second kappa shape index (κ2) is 61.6. The Morgan fingerprint density at radius 3 is 1.08 bits per heavy atom. The number of esters is 1. The fraction of sp³-hybridized carbons (Fsp3) is 0.879. The number of unbranched alkanes of at least 4 members (excludes halogenated alkanes) is 45. The molecule has 0 bridgehead atoms. The summed E-state index contributed by atoms with van der Waals surface area (Å²) >= 11 is 0. The molecule has 2 atom stereocenters. The van der Waals surface area contributed by atoms with E-state index in [-0.39, 0.29) is 18.5 Å². The van der Waals surface area contributed by atoms with Gasteiger partial charge in [-0.1, -0.05) is 307 Å². The predicted octanol–water partition coefficient (Wildman–Crippen LogP) is 20.4. The molecule has 0 heterocycles. The number of hydrogen-bond donors (Lipinski definition) is 3. The summed E-state index contributed by atoms with van der Waals surface area (Å²) in [5.74, 6) is -0.0566. The van der Waals surface area contributed by atoms with Crippen LogP contribution in [0, 0.1) is 0 Å². The lowest BCUT2D eigenvalue weighted by Crippen LogP contribution is -2.45. The Bertz CT molecular complexity index is 1170. The maximum absolute atomic E-state index is 12.5. The van der Waals surface area contributed by atoms with Crippen molar-refractivity contribution in [3.8, 4) is 0 Å². The first-order valence-electron chi connectivity index (χ1n) is 32.3. The van der Waals surface area contributed by atoms with E-state index in [2.05, 4.69) is 43.5 Å². The number of carbonyl (C=O) groups is 2. The highest BCUT2D eigenvalue weighted by molar-refractivity contribution is 5.76. The van der Waals surface area contributed by atoms with Gasteiger partial charge < -0.3 is 20.3 Å². The minimum absolute atomic E-state index is 0.0102. The van der Waals surface area contributed by atoms with E-state index in [4.69, 9.17) is 4.74 Å². The standard InChI is InChI=1S/C66H125NO5/c1-3-5-7-9-11-13-15-17-18-19-25-29-32-36-40-44-48-52-56-60-66(71)72-61-57-53-49-45-41-37-33-30-27-24-22-20-21-23-26-28-31-35-39-43-47-51-55-59-65(70)67-63(62-68)64(69)58-54-50-46-42-38-34-16-14-12-10-8-6-4-2/h11,13,17-18,54,58,63-64,68-69H,3-10,12,14-16,19-53,55-57,59-62H2,1-2H3,(H,67,70)/b13-11-,18-17-,58-54+. The Morgan fingerprint density at radius 1 is 0.389 bits per heavy atom. The maximum atomic E-state index is 12.5. The summed E-state index contributed by atoms with van der Waals surface area (Å²) in [6.45, 7) is 4.89. The Kier molecular flexibility index (Phi) is 60.0. The van der Waals surface area contributed by atoms with Crippen molar-refractivity contribution in [1.82, 2.24) is 5.32 Å². The Balaban J connectivity index is 3.37. The third-order valence-electron chi connectivity index (χ3n) is 14.9. The van der Waals surface area contributed by atoms with E-state index >= 15 is 0 Å². The van der Waals surface area contributed by atoms with Gasteiger partial charge in [0, 0.05) is 12.8 Å². The lowest BCUT2D eigenvalue weighted by atomic mass is 10.0. The van der Waals surface area contributed by atoms with Gasteiger partial charge in [0.1, 0.15) is 0 Å². The van der Waals surface area contributed by atoms with Crippen LogP contribution in [0.5, 0.6) is 0 Å². The van der Waals surface area contributed by atoms with Crippen molar-refractivity contribution in [3.05, 3.63) is 36.5 Å². The van der Waals surface area contributed by atoms with Gasteiger partial charge in [-0.05, 0) is 64.2 Å². The average molecular weight is 1010 g/mol. The molecular formula is C66H125NO5. The molecule has 1 amide bonds. The molecule has 0 saturated carbocycles. The van der Waals surface area contributed by atoms with Crippen LogP contribution in [0.2, 0.25) is 0 Å². The van der Waals surface area contributed by atoms with Gasteiger partial charge in [0.05, 0.1) is 25.4 Å². The van der Waals surface area contributed by atoms with Gasteiger partial charge >= 0.3 is 5.97 Å². The lowest BCUT2D eigenvalue weighted by molar-refractivity contribution is -0.143. The van der Waals surface area contributed by atoms with Gasteiger partial charge in [-0.25, -0.2) is 0 Å². The molecule has 6 heteroatoms. The number of nitrogens with one attached hydrogen (secondary N) is 1. The zero-order valence-electron chi connectivity index (χ0n) is 48.4. The van der Waals surface area contributed by atoms with Crippen LogP contribution < -0.4 is 5.32 Å². The Labute approximate surface area is 449 Å². The highest BCUT2D eigenvalue weighted by Gasteiger charge is 2.18. The number of hydrogen-bond acceptors (Lipinski definition) is 5. The van der Waals surface area contributed by atoms with Gasteiger partial charge in [-0.15, -0.1) is 0 Å². The maximum Gasteiger partial charge on any atom is 0.305 e. The second-order valence-electron chi connectivity index (χ2n) is 22.1. The molecule has 0 aliphatic heterocycles. The average Bonchev–Trinajstić information content (AvgIpc) is 3.38. The highest BCUT2D eigenvalue weighted by atomic mass is 16.5. The fourth-order valence-corrected chi connectivity index (χ4v) is 9.96. The number of rotatable bonds is 60. The van der Waals surface area contributed by atoms with Crippen LogP contribution in [0.1, 0.15) is 348 Å². The number of ether oxygens (including phenoxy) is 1. The van der Waals surface area contributed by atoms with Crippen LogP contribution >= 0.6 is 0 Å². The summed E-state index contributed by atoms with van der Waals surface area (Å²) in [7, 11) is 0. The fourth-order valence-electron chi connectivity index (χ4n) is 9.96. The van der Waals surface area contributed by atoms with Crippen molar-refractivity contribution >= 4 is 11.9 Å². The molecule has 72 heavy (non-hydrogen) atoms. The SMILES string of the molecule is CCCCC/C=C\C/C=C\CCCCCCCCCCCC(=O)OCCCCCCCCCCCCCCCCCCCCCCCCCC(=O)NC(CO)C(O)/C=C/CCCCCCCCCCCCC. The smallest absolute Gasteiger partial charge is 0.305 e. The molecule has 0 aliphatic carbocycles. The Hall–Kier alpha value is -1.92. The van der Waals surface area contributed by atoms with E-state index in [1.807, 2.05) is 6.08 Å². The molecule has 2 unspecified atom stereocenters. The van der Waals surface area contributed by atoms with Crippen LogP contribution in [0.15, 0.2) is 36.5 Å². The molecule has 424 valence electrons. The van der Waals surface area contributed by atoms with E-state index < -0.39 is 12.1 Å². The molecule has 3 N–H and O–H groups in total. The van der Waals surface area contributed by atoms with E-state index in [1.165, 1.54) is 270 Å². The summed E-state index contributed by atoms with van der Waals surface area (Å²) in [6, 6.07) is -0.627. The number of allylic oxidation sites excluding steroid dienone is 5. The third-order valence-corrected chi connectivity index (χ3v) is 14.9. The van der Waals surface area contributed by atoms with Crippen molar-refractivity contribution in [1.29, 1.82) is 0 Å². The molecule has 0 radical (unpaired) electrons. The molecule has 0 aromatic carbocycles. The van der Waals surface area contributed by atoms with Gasteiger partial charge in [-0.3, -0.25) is 9.59 Å². The quantitative estimate of drug-likeness (QED) is 0.0320. The van der Waals surface area contributed by atoms with E-state index in [1.54, 1.807) is 6.08 Å². The molecular weight excluding hydrogens is 887 g/mol. The summed E-state index contributed by atoms with van der Waals surface area (Å²) in [5, 5.41) is 23.1. The molecule has 0 rings (SSSR count). The first-order valence-corrected chi connectivity index (χ1v) is 32.3. The van der Waals surface area contributed by atoms with Crippen molar-refractivity contribution in [2.45, 2.75) is 360 Å². The van der Waals surface area contributed by atoms with Crippen molar-refractivity contribution in [2.24, 2.45) is 0 Å². The molecule has 0 aromatic rings. The van der Waals surface area contributed by atoms with E-state index in [0.29, 0.717) is 19.4 Å². The van der Waals surface area contributed by atoms with Crippen LogP contribution in [-0.4, -0.2) is 47.4 Å². The number of amides is 1. The highest BCUT2D eigenvalue weighted by Crippen LogP contribution is 2.18. The largest absolute Gasteiger partial charge is 0.466 e. The van der Waals surface area contributed by atoms with Gasteiger partial charge in [0.15, 0.2) is 0 Å². The number of aliphatic hydroxyl groups excluding tert-OH is 2. The minimum atomic E-state index is -0.843. The topological polar surface area (TPSA) is 95.9 Å². The van der Waals surface area contributed by atoms with Crippen LogP contribution in [0.25, 0.3) is 0 Å². The van der Waals surface area contributed by atoms with Crippen LogP contribution in [-0.2, 0) is 14.3 Å². The first-order chi connectivity index (χ1) is 35.5. The zero-order chi connectivity index (χ0) is 52.2. The molecule has 0 aromatic heterocycles. The first kappa shape index (κ1) is 70.1. The normalized spacial score (nSPS) is 12.8. The number of aliphatic hydroxyl groups is 2. The van der Waals surface area contributed by atoms with Gasteiger partial charge in [0.2, 0.25) is 5.91 Å². The van der Waals surface area contributed by atoms with Gasteiger partial charge in [-0.2, -0.15) is 0 Å². The summed E-state index contributed by atoms with van der Waals surface area (Å²) in [4.78, 5) is 24.6. The molecule has 6 nitrogen and oxygen atoms in total. The van der Waals surface area contributed by atoms with E-state index in [9.17, 15) is 19.8 Å². The predicted molar refractivity (Wildman–Crippen MR) is 315 cm³/mol. The number of carbonyl (C=O) groups excluding carboxylic acids is 2. The lowest BCUT2D eigenvalue weighted by Gasteiger charge is -2.20. The van der Waals surface area contributed by atoms with Gasteiger partial charge in [0.25, 0.3) is 0 Å². The van der Waals surface area contributed by atoms with Crippen molar-refractivity contribution in [3.63, 3.8) is 0 Å². The monoisotopic (exact) mass is 1010 g/mol. The van der Waals surface area contributed by atoms with Crippen molar-refractivity contribution < 1.29 is 24.5 Å². The van der Waals surface area contributed by atoms with Crippen LogP contribution in [0.4, 0.5) is 0 Å². The molecule has 0 fully saturated rings. The summed E-state index contributed by atoms with van der Waals surface area (Å²) in [5.41, 5.74) is 0. The van der Waals surface area contributed by atoms with Crippen LogP contribution in [0.3, 0.4) is 0 Å². The molecule has 0 saturated heterocycles. The molecule has 0 spiro atoms.